The third-order valence-corrected chi connectivity index (χ3v) is 8.45. The number of nitrogens with two attached hydrogens (primary N) is 1. The Balaban J connectivity index is 1.61. The van der Waals surface area contributed by atoms with E-state index in [0.717, 1.165) is 57.4 Å². The van der Waals surface area contributed by atoms with Crippen LogP contribution in [0, 0.1) is 25.2 Å². The number of nitrogens with zero attached hydrogens (tertiary/aromatic N) is 3. The minimum atomic E-state index is -0.201. The summed E-state index contributed by atoms with van der Waals surface area (Å²) in [6, 6.07) is 0.0988. The number of aromatic nitrogens is 2. The standard InChI is InChI=1S/C22H32Cl2N4O/c1-13-11-18(25)22(12-13)7-9-27(10-8-22)20-14(2)21(29)28(15(3)26-20)17-6-4-5-16(23)19(17)24/h13,17-18H,4-12,25H2,1-3H3/t13-,17?,18+/m0/s1. The zero-order valence-electron chi connectivity index (χ0n) is 17.7. The van der Waals surface area contributed by atoms with Gasteiger partial charge in [-0.3, -0.25) is 9.36 Å². The molecule has 1 saturated carbocycles. The van der Waals surface area contributed by atoms with E-state index in [1.165, 1.54) is 6.42 Å². The lowest BCUT2D eigenvalue weighted by Gasteiger charge is -2.43. The van der Waals surface area contributed by atoms with Crippen molar-refractivity contribution in [3.8, 4) is 0 Å². The van der Waals surface area contributed by atoms with Gasteiger partial charge in [-0.2, -0.15) is 0 Å². The Hall–Kier alpha value is -1.04. The minimum Gasteiger partial charge on any atom is -0.356 e. The van der Waals surface area contributed by atoms with Gasteiger partial charge in [-0.1, -0.05) is 30.1 Å². The molecular formula is C22H32Cl2N4O. The van der Waals surface area contributed by atoms with E-state index < -0.39 is 0 Å². The van der Waals surface area contributed by atoms with Gasteiger partial charge in [0.25, 0.3) is 5.56 Å². The van der Waals surface area contributed by atoms with Crippen molar-refractivity contribution in [2.45, 2.75) is 77.8 Å². The fourth-order valence-corrected chi connectivity index (χ4v) is 6.42. The van der Waals surface area contributed by atoms with Crippen LogP contribution in [0.2, 0.25) is 0 Å². The third kappa shape index (κ3) is 3.64. The molecule has 1 unspecified atom stereocenters. The van der Waals surface area contributed by atoms with Crippen LogP contribution in [0.3, 0.4) is 0 Å². The molecule has 2 N–H and O–H groups in total. The van der Waals surface area contributed by atoms with Gasteiger partial charge in [-0.05, 0) is 70.1 Å². The number of halogens is 2. The first-order valence-corrected chi connectivity index (χ1v) is 11.6. The summed E-state index contributed by atoms with van der Waals surface area (Å²) < 4.78 is 1.74. The summed E-state index contributed by atoms with van der Waals surface area (Å²) in [6.07, 6.45) is 7.04. The molecule has 0 bridgehead atoms. The van der Waals surface area contributed by atoms with Crippen molar-refractivity contribution in [1.29, 1.82) is 0 Å². The maximum absolute atomic E-state index is 13.3. The van der Waals surface area contributed by atoms with Crippen LogP contribution in [0.4, 0.5) is 5.82 Å². The predicted octanol–water partition coefficient (Wildman–Crippen LogP) is 4.62. The van der Waals surface area contributed by atoms with Crippen LogP contribution < -0.4 is 16.2 Å². The predicted molar refractivity (Wildman–Crippen MR) is 120 cm³/mol. The summed E-state index contributed by atoms with van der Waals surface area (Å²) >= 11 is 12.8. The quantitative estimate of drug-likeness (QED) is 0.731. The molecule has 5 nitrogen and oxygen atoms in total. The lowest BCUT2D eigenvalue weighted by Crippen LogP contribution is -2.47. The summed E-state index contributed by atoms with van der Waals surface area (Å²) in [5.74, 6) is 2.24. The molecule has 1 aromatic heterocycles. The van der Waals surface area contributed by atoms with Crippen LogP contribution in [0.25, 0.3) is 0 Å². The molecule has 2 fully saturated rings. The molecule has 1 saturated heterocycles. The summed E-state index contributed by atoms with van der Waals surface area (Å²) in [6.45, 7) is 7.92. The SMILES string of the molecule is Cc1c(N2CCC3(CC2)C[C@@H](C)C[C@H]3N)nc(C)n(C2CCCC(Cl)=C2Cl)c1=O. The number of rotatable bonds is 2. The van der Waals surface area contributed by atoms with Crippen molar-refractivity contribution in [3.63, 3.8) is 0 Å². The van der Waals surface area contributed by atoms with Gasteiger partial charge < -0.3 is 10.6 Å². The Kier molecular flexibility index (Phi) is 5.77. The molecule has 2 aliphatic carbocycles. The van der Waals surface area contributed by atoms with Gasteiger partial charge in [0, 0.05) is 24.2 Å². The first kappa shape index (κ1) is 21.2. The van der Waals surface area contributed by atoms with E-state index in [0.29, 0.717) is 33.4 Å². The van der Waals surface area contributed by atoms with Crippen LogP contribution >= 0.6 is 23.2 Å². The van der Waals surface area contributed by atoms with E-state index in [2.05, 4.69) is 11.8 Å². The highest BCUT2D eigenvalue weighted by Crippen LogP contribution is 2.48. The maximum Gasteiger partial charge on any atom is 0.259 e. The number of aryl methyl sites for hydroxylation is 1. The number of anilines is 1. The molecule has 2 heterocycles. The summed E-state index contributed by atoms with van der Waals surface area (Å²) in [5, 5.41) is 1.25. The Morgan fingerprint density at radius 2 is 1.90 bits per heavy atom. The van der Waals surface area contributed by atoms with Crippen molar-refractivity contribution in [2.75, 3.05) is 18.0 Å². The number of hydrogen-bond acceptors (Lipinski definition) is 4. The lowest BCUT2D eigenvalue weighted by molar-refractivity contribution is 0.192. The third-order valence-electron chi connectivity index (χ3n) is 7.49. The molecule has 4 rings (SSSR count). The number of allylic oxidation sites excluding steroid dienone is 2. The molecule has 3 aliphatic rings. The molecule has 1 aromatic rings. The first-order chi connectivity index (χ1) is 13.7. The molecular weight excluding hydrogens is 407 g/mol. The number of hydrogen-bond donors (Lipinski definition) is 1. The van der Waals surface area contributed by atoms with Gasteiger partial charge in [0.2, 0.25) is 0 Å². The molecule has 160 valence electrons. The molecule has 1 aliphatic heterocycles. The van der Waals surface area contributed by atoms with E-state index >= 15 is 0 Å². The molecule has 0 amide bonds. The van der Waals surface area contributed by atoms with Crippen LogP contribution in [0.1, 0.15) is 69.3 Å². The van der Waals surface area contributed by atoms with Crippen LogP contribution in [-0.2, 0) is 0 Å². The molecule has 29 heavy (non-hydrogen) atoms. The van der Waals surface area contributed by atoms with E-state index in [9.17, 15) is 4.79 Å². The summed E-state index contributed by atoms with van der Waals surface area (Å²) in [5.41, 5.74) is 7.47. The van der Waals surface area contributed by atoms with Crippen molar-refractivity contribution in [1.82, 2.24) is 9.55 Å². The molecule has 7 heteroatoms. The molecule has 0 radical (unpaired) electrons. The molecule has 1 spiro atoms. The molecule has 3 atom stereocenters. The second-order valence-corrected chi connectivity index (χ2v) is 10.3. The van der Waals surface area contributed by atoms with E-state index in [1.807, 2.05) is 13.8 Å². The lowest BCUT2D eigenvalue weighted by atomic mass is 9.74. The zero-order chi connectivity index (χ0) is 20.9. The first-order valence-electron chi connectivity index (χ1n) is 10.9. The van der Waals surface area contributed by atoms with Crippen molar-refractivity contribution < 1.29 is 0 Å². The smallest absolute Gasteiger partial charge is 0.259 e. The highest BCUT2D eigenvalue weighted by atomic mass is 35.5. The second kappa shape index (κ2) is 7.90. The van der Waals surface area contributed by atoms with Crippen molar-refractivity contribution >= 4 is 29.0 Å². The van der Waals surface area contributed by atoms with Crippen molar-refractivity contribution in [2.24, 2.45) is 17.1 Å². The van der Waals surface area contributed by atoms with Crippen molar-refractivity contribution in [3.05, 3.63) is 31.8 Å². The van der Waals surface area contributed by atoms with Gasteiger partial charge in [0.1, 0.15) is 11.6 Å². The monoisotopic (exact) mass is 438 g/mol. The maximum atomic E-state index is 13.3. The van der Waals surface area contributed by atoms with Gasteiger partial charge in [0.15, 0.2) is 0 Å². The second-order valence-electron chi connectivity index (χ2n) is 9.44. The Morgan fingerprint density at radius 1 is 1.21 bits per heavy atom. The number of piperidine rings is 1. The summed E-state index contributed by atoms with van der Waals surface area (Å²) in [7, 11) is 0. The zero-order valence-corrected chi connectivity index (χ0v) is 19.2. The highest BCUT2D eigenvalue weighted by molar-refractivity contribution is 6.39. The minimum absolute atomic E-state index is 0.00602. The average molecular weight is 439 g/mol. The van der Waals surface area contributed by atoms with Gasteiger partial charge in [-0.15, -0.1) is 0 Å². The largest absolute Gasteiger partial charge is 0.356 e. The van der Waals surface area contributed by atoms with Crippen LogP contribution in [-0.4, -0.2) is 28.7 Å². The van der Waals surface area contributed by atoms with Crippen LogP contribution in [0.15, 0.2) is 14.9 Å². The average Bonchev–Trinajstić information content (AvgIpc) is 2.95. The topological polar surface area (TPSA) is 64.2 Å². The van der Waals surface area contributed by atoms with Crippen LogP contribution in [0.5, 0.6) is 0 Å². The van der Waals surface area contributed by atoms with Gasteiger partial charge >= 0.3 is 0 Å². The van der Waals surface area contributed by atoms with E-state index in [4.69, 9.17) is 33.9 Å². The molecule has 0 aromatic carbocycles. The fraction of sp³-hybridized carbons (Fsp3) is 0.727. The normalized spacial score (nSPS) is 29.7. The highest BCUT2D eigenvalue weighted by Gasteiger charge is 2.46. The Morgan fingerprint density at radius 3 is 2.52 bits per heavy atom. The van der Waals surface area contributed by atoms with Gasteiger partial charge in [0.05, 0.1) is 16.6 Å². The Labute approximate surface area is 183 Å². The van der Waals surface area contributed by atoms with E-state index in [-0.39, 0.29) is 17.0 Å². The summed E-state index contributed by atoms with van der Waals surface area (Å²) in [4.78, 5) is 20.5. The Bertz CT molecular complexity index is 886. The van der Waals surface area contributed by atoms with Gasteiger partial charge in [-0.25, -0.2) is 4.98 Å². The fourth-order valence-electron chi connectivity index (χ4n) is 5.86. The van der Waals surface area contributed by atoms with E-state index in [1.54, 1.807) is 4.57 Å².